The van der Waals surface area contributed by atoms with Gasteiger partial charge in [0.2, 0.25) is 5.78 Å². The molecule has 88 valence electrons. The van der Waals surface area contributed by atoms with E-state index < -0.39 is 18.7 Å². The fraction of sp³-hybridized carbons (Fsp3) is 0.300. The van der Waals surface area contributed by atoms with E-state index in [1.807, 2.05) is 0 Å². The molecule has 0 heterocycles. The summed E-state index contributed by atoms with van der Waals surface area (Å²) in [4.78, 5) is 11.9. The molecule has 1 atom stereocenters. The molecule has 0 aliphatic carbocycles. The Morgan fingerprint density at radius 1 is 1.44 bits per heavy atom. The van der Waals surface area contributed by atoms with Crippen LogP contribution < -0.4 is 0 Å². The molecule has 16 heavy (non-hydrogen) atoms. The van der Waals surface area contributed by atoms with E-state index in [2.05, 4.69) is 15.9 Å². The van der Waals surface area contributed by atoms with Crippen molar-refractivity contribution in [2.24, 2.45) is 0 Å². The Labute approximate surface area is 108 Å². The molecule has 0 saturated heterocycles. The van der Waals surface area contributed by atoms with Crippen LogP contribution in [0.5, 0.6) is 0 Å². The number of carbonyl (C=O) groups is 1. The second-order valence-electron chi connectivity index (χ2n) is 3.49. The topological polar surface area (TPSA) is 51.2 Å². The van der Waals surface area contributed by atoms with Gasteiger partial charge >= 0.3 is 0 Å². The third-order valence-electron chi connectivity index (χ3n) is 2.01. The van der Waals surface area contributed by atoms with Crippen LogP contribution in [0.2, 0.25) is 0 Å². The number of carbonyl (C=O) groups excluding carboxylic acids is 1. The first-order chi connectivity index (χ1) is 7.16. The van der Waals surface area contributed by atoms with Crippen molar-refractivity contribution in [2.45, 2.75) is 10.0 Å². The molecule has 0 fully saturated rings. The lowest BCUT2D eigenvalue weighted by atomic mass is 10.1. The van der Waals surface area contributed by atoms with Gasteiger partial charge in [0.25, 0.3) is 3.12 Å². The summed E-state index contributed by atoms with van der Waals surface area (Å²) in [7, 11) is -3.73. The second kappa shape index (κ2) is 4.47. The zero-order valence-electron chi connectivity index (χ0n) is 8.70. The molecule has 0 radical (unpaired) electrons. The summed E-state index contributed by atoms with van der Waals surface area (Å²) in [6.07, 6.45) is 0.905. The van der Waals surface area contributed by atoms with Crippen molar-refractivity contribution in [1.29, 1.82) is 0 Å². The summed E-state index contributed by atoms with van der Waals surface area (Å²) in [5.74, 6) is -0.680. The summed E-state index contributed by atoms with van der Waals surface area (Å²) < 4.78 is 20.6. The Morgan fingerprint density at radius 3 is 2.44 bits per heavy atom. The van der Waals surface area contributed by atoms with Crippen molar-refractivity contribution in [1.82, 2.24) is 0 Å². The highest BCUT2D eigenvalue weighted by molar-refractivity contribution is 9.12. The van der Waals surface area contributed by atoms with Crippen LogP contribution >= 0.6 is 27.5 Å². The van der Waals surface area contributed by atoms with Gasteiger partial charge in [-0.1, -0.05) is 35.4 Å². The normalized spacial score (nSPS) is 15.5. The number of hydrogen-bond donors (Lipinski definition) is 0. The number of alkyl halides is 2. The van der Waals surface area contributed by atoms with Gasteiger partial charge < -0.3 is 0 Å². The summed E-state index contributed by atoms with van der Waals surface area (Å²) in [6, 6.07) is 6.59. The number of rotatable bonds is 3. The van der Waals surface area contributed by atoms with E-state index in [4.69, 9.17) is 11.6 Å². The van der Waals surface area contributed by atoms with Crippen LogP contribution in [0.15, 0.2) is 24.3 Å². The Morgan fingerprint density at radius 2 is 2.00 bits per heavy atom. The van der Waals surface area contributed by atoms with E-state index in [0.717, 1.165) is 11.8 Å². The van der Waals surface area contributed by atoms with Gasteiger partial charge in [0, 0.05) is 11.8 Å². The van der Waals surface area contributed by atoms with Gasteiger partial charge in [-0.25, -0.2) is 8.42 Å². The number of benzene rings is 1. The minimum atomic E-state index is -3.73. The SMILES string of the molecule is Cc1cccc(C(=O)[C@](Cl)(Br)S(C)(=O)=O)c1. The predicted molar refractivity (Wildman–Crippen MR) is 67.9 cm³/mol. The minimum Gasteiger partial charge on any atom is -0.290 e. The monoisotopic (exact) mass is 324 g/mol. The summed E-state index contributed by atoms with van der Waals surface area (Å²) in [5.41, 5.74) is 1.12. The first-order valence-corrected chi connectivity index (χ1v) is 7.41. The third-order valence-corrected chi connectivity index (χ3v) is 6.26. The third kappa shape index (κ3) is 2.64. The van der Waals surface area contributed by atoms with Crippen LogP contribution in [0.4, 0.5) is 0 Å². The van der Waals surface area contributed by atoms with Gasteiger partial charge in [-0.05, 0) is 28.9 Å². The van der Waals surface area contributed by atoms with Crippen molar-refractivity contribution in [3.8, 4) is 0 Å². The molecular formula is C10H10BrClO3S. The average molecular weight is 326 g/mol. The molecule has 0 aliphatic rings. The Kier molecular flexibility index (Phi) is 3.82. The second-order valence-corrected chi connectivity index (χ2v) is 8.61. The number of Topliss-reactive ketones (excluding diaryl/α,β-unsaturated/α-hetero) is 1. The van der Waals surface area contributed by atoms with Crippen molar-refractivity contribution >= 4 is 43.2 Å². The summed E-state index contributed by atoms with van der Waals surface area (Å²) in [6.45, 7) is 1.81. The number of ketones is 1. The lowest BCUT2D eigenvalue weighted by Gasteiger charge is -2.16. The number of halogens is 2. The quantitative estimate of drug-likeness (QED) is 0.634. The highest BCUT2D eigenvalue weighted by atomic mass is 79.9. The van der Waals surface area contributed by atoms with Crippen molar-refractivity contribution in [3.63, 3.8) is 0 Å². The maximum Gasteiger partial charge on any atom is 0.261 e. The molecule has 0 saturated carbocycles. The van der Waals surface area contributed by atoms with Crippen LogP contribution in [-0.4, -0.2) is 23.6 Å². The van der Waals surface area contributed by atoms with Crippen molar-refractivity contribution in [3.05, 3.63) is 35.4 Å². The van der Waals surface area contributed by atoms with E-state index in [-0.39, 0.29) is 5.56 Å². The van der Waals surface area contributed by atoms with Gasteiger partial charge in [0.1, 0.15) is 0 Å². The zero-order valence-corrected chi connectivity index (χ0v) is 11.9. The molecule has 1 aromatic carbocycles. The van der Waals surface area contributed by atoms with Gasteiger partial charge in [-0.3, -0.25) is 4.79 Å². The van der Waals surface area contributed by atoms with E-state index >= 15 is 0 Å². The first-order valence-electron chi connectivity index (χ1n) is 4.35. The van der Waals surface area contributed by atoms with Gasteiger partial charge in [0.15, 0.2) is 9.84 Å². The molecule has 0 aliphatic heterocycles. The first kappa shape index (κ1) is 13.7. The molecule has 1 aromatic rings. The van der Waals surface area contributed by atoms with Crippen LogP contribution in [0.25, 0.3) is 0 Å². The van der Waals surface area contributed by atoms with Crippen LogP contribution in [0.1, 0.15) is 15.9 Å². The molecule has 0 aromatic heterocycles. The van der Waals surface area contributed by atoms with Crippen LogP contribution in [0, 0.1) is 6.92 Å². The standard InChI is InChI=1S/C10H10BrClO3S/c1-7-4-3-5-8(6-7)9(13)10(11,12)16(2,14)15/h3-6H,1-2H3/t10-/m1/s1. The number of aryl methyl sites for hydroxylation is 1. The van der Waals surface area contributed by atoms with Crippen molar-refractivity contribution < 1.29 is 13.2 Å². The summed E-state index contributed by atoms with van der Waals surface area (Å²) in [5, 5.41) is 0. The van der Waals surface area contributed by atoms with Gasteiger partial charge in [-0.2, -0.15) is 0 Å². The highest BCUT2D eigenvalue weighted by Gasteiger charge is 2.44. The Balaban J connectivity index is 3.23. The molecule has 0 amide bonds. The van der Waals surface area contributed by atoms with E-state index in [9.17, 15) is 13.2 Å². The predicted octanol–water partition coefficient (Wildman–Crippen LogP) is 2.51. The van der Waals surface area contributed by atoms with Gasteiger partial charge in [-0.15, -0.1) is 0 Å². The molecule has 0 spiro atoms. The Hall–Kier alpha value is -0.390. The van der Waals surface area contributed by atoms with E-state index in [0.29, 0.717) is 0 Å². The van der Waals surface area contributed by atoms with Crippen LogP contribution in [-0.2, 0) is 9.84 Å². The molecule has 1 rings (SSSR count). The molecule has 0 N–H and O–H groups in total. The van der Waals surface area contributed by atoms with Gasteiger partial charge in [0.05, 0.1) is 0 Å². The smallest absolute Gasteiger partial charge is 0.261 e. The average Bonchev–Trinajstić information content (AvgIpc) is 2.14. The highest BCUT2D eigenvalue weighted by Crippen LogP contribution is 2.33. The lowest BCUT2D eigenvalue weighted by molar-refractivity contribution is 0.1000. The molecule has 6 heteroatoms. The van der Waals surface area contributed by atoms with E-state index in [1.165, 1.54) is 6.07 Å². The minimum absolute atomic E-state index is 0.261. The fourth-order valence-corrected chi connectivity index (χ4v) is 1.92. The van der Waals surface area contributed by atoms with Crippen molar-refractivity contribution in [2.75, 3.05) is 6.26 Å². The maximum absolute atomic E-state index is 11.9. The maximum atomic E-state index is 11.9. The molecule has 3 nitrogen and oxygen atoms in total. The fourth-order valence-electron chi connectivity index (χ4n) is 1.12. The zero-order chi connectivity index (χ0) is 12.6. The lowest BCUT2D eigenvalue weighted by Crippen LogP contribution is -2.34. The number of sulfone groups is 1. The largest absolute Gasteiger partial charge is 0.290 e. The van der Waals surface area contributed by atoms with Crippen LogP contribution in [0.3, 0.4) is 0 Å². The molecular weight excluding hydrogens is 316 g/mol. The summed E-state index contributed by atoms with van der Waals surface area (Å²) >= 11 is 8.49. The molecule has 0 bridgehead atoms. The number of hydrogen-bond acceptors (Lipinski definition) is 3. The molecule has 0 unspecified atom stereocenters. The van der Waals surface area contributed by atoms with E-state index in [1.54, 1.807) is 25.1 Å². The Bertz CT molecular complexity index is 523.